The molecule has 150 valence electrons. The molecule has 1 amide bonds. The van der Waals surface area contributed by atoms with Gasteiger partial charge in [-0.05, 0) is 11.6 Å². The number of benzene rings is 2. The number of pyridine rings is 1. The largest absolute Gasteiger partial charge is 0.452 e. The molecule has 7 nitrogen and oxygen atoms in total. The third kappa shape index (κ3) is 5.30. The standard InChI is InChI=1S/C22H22N2O5/c1-28-12-11-24(14-16-7-3-2-4-8-16)21(26)15-29-22(27)18-13-20(25)23-19-10-6-5-9-17(18)19/h2-10,13H,11-12,14-15H2,1H3,(H,23,25). The number of hydrogen-bond acceptors (Lipinski definition) is 5. The van der Waals surface area contributed by atoms with E-state index >= 15 is 0 Å². The van der Waals surface area contributed by atoms with Crippen LogP contribution in [-0.4, -0.2) is 48.6 Å². The third-order valence-electron chi connectivity index (χ3n) is 4.43. The highest BCUT2D eigenvalue weighted by atomic mass is 16.5. The summed E-state index contributed by atoms with van der Waals surface area (Å²) in [5.74, 6) is -1.06. The van der Waals surface area contributed by atoms with Gasteiger partial charge in [-0.25, -0.2) is 4.79 Å². The second kappa shape index (κ2) is 9.66. The third-order valence-corrected chi connectivity index (χ3v) is 4.43. The van der Waals surface area contributed by atoms with Crippen LogP contribution in [0.15, 0.2) is 65.5 Å². The first-order valence-corrected chi connectivity index (χ1v) is 9.18. The second-order valence-corrected chi connectivity index (χ2v) is 6.46. The minimum absolute atomic E-state index is 0.128. The smallest absolute Gasteiger partial charge is 0.339 e. The van der Waals surface area contributed by atoms with Gasteiger partial charge in [0.1, 0.15) is 0 Å². The van der Waals surface area contributed by atoms with Crippen LogP contribution in [0.4, 0.5) is 0 Å². The van der Waals surface area contributed by atoms with Crippen molar-refractivity contribution in [2.24, 2.45) is 0 Å². The van der Waals surface area contributed by atoms with Crippen LogP contribution in [0.2, 0.25) is 0 Å². The van der Waals surface area contributed by atoms with E-state index in [-0.39, 0.29) is 11.5 Å². The molecule has 3 rings (SSSR count). The normalized spacial score (nSPS) is 10.7. The van der Waals surface area contributed by atoms with Gasteiger partial charge in [0.05, 0.1) is 12.2 Å². The van der Waals surface area contributed by atoms with Gasteiger partial charge in [0.2, 0.25) is 5.56 Å². The van der Waals surface area contributed by atoms with E-state index in [4.69, 9.17) is 9.47 Å². The summed E-state index contributed by atoms with van der Waals surface area (Å²) in [5.41, 5.74) is 1.21. The zero-order chi connectivity index (χ0) is 20.6. The van der Waals surface area contributed by atoms with Crippen LogP contribution in [0.1, 0.15) is 15.9 Å². The number of ether oxygens (including phenoxy) is 2. The molecular weight excluding hydrogens is 372 g/mol. The molecule has 0 spiro atoms. The van der Waals surface area contributed by atoms with Gasteiger partial charge in [-0.2, -0.15) is 0 Å². The van der Waals surface area contributed by atoms with Gasteiger partial charge < -0.3 is 19.4 Å². The number of carbonyl (C=O) groups is 2. The van der Waals surface area contributed by atoms with Crippen molar-refractivity contribution < 1.29 is 19.1 Å². The molecule has 0 saturated heterocycles. The van der Waals surface area contributed by atoms with Crippen LogP contribution < -0.4 is 5.56 Å². The molecule has 1 N–H and O–H groups in total. The molecular formula is C22H22N2O5. The predicted octanol–water partition coefficient (Wildman–Crippen LogP) is 2.36. The SMILES string of the molecule is COCCN(Cc1ccccc1)C(=O)COC(=O)c1cc(=O)[nH]c2ccccc12. The maximum atomic E-state index is 12.6. The second-order valence-electron chi connectivity index (χ2n) is 6.46. The van der Waals surface area contributed by atoms with Crippen molar-refractivity contribution in [1.82, 2.24) is 9.88 Å². The molecule has 2 aromatic carbocycles. The minimum Gasteiger partial charge on any atom is -0.452 e. The van der Waals surface area contributed by atoms with E-state index in [0.29, 0.717) is 30.6 Å². The van der Waals surface area contributed by atoms with Crippen molar-refractivity contribution in [3.05, 3.63) is 82.1 Å². The minimum atomic E-state index is -0.716. The Kier molecular flexibility index (Phi) is 6.76. The summed E-state index contributed by atoms with van der Waals surface area (Å²) in [4.78, 5) is 41.2. The molecule has 0 aliphatic rings. The summed E-state index contributed by atoms with van der Waals surface area (Å²) in [6.45, 7) is 0.700. The lowest BCUT2D eigenvalue weighted by Gasteiger charge is -2.22. The van der Waals surface area contributed by atoms with Crippen molar-refractivity contribution >= 4 is 22.8 Å². The molecule has 3 aromatic rings. The number of methoxy groups -OCH3 is 1. The van der Waals surface area contributed by atoms with Crippen molar-refractivity contribution in [2.45, 2.75) is 6.54 Å². The number of para-hydroxylation sites is 1. The fourth-order valence-electron chi connectivity index (χ4n) is 2.97. The Morgan fingerprint density at radius 2 is 1.76 bits per heavy atom. The van der Waals surface area contributed by atoms with Gasteiger partial charge in [-0.3, -0.25) is 9.59 Å². The Morgan fingerprint density at radius 3 is 2.52 bits per heavy atom. The number of aromatic nitrogens is 1. The summed E-state index contributed by atoms with van der Waals surface area (Å²) in [6.07, 6.45) is 0. The lowest BCUT2D eigenvalue weighted by Crippen LogP contribution is -2.36. The van der Waals surface area contributed by atoms with Crippen LogP contribution in [0, 0.1) is 0 Å². The Balaban J connectivity index is 1.71. The Labute approximate surface area is 167 Å². The van der Waals surface area contributed by atoms with E-state index in [9.17, 15) is 14.4 Å². The Morgan fingerprint density at radius 1 is 1.03 bits per heavy atom. The van der Waals surface area contributed by atoms with E-state index in [2.05, 4.69) is 4.98 Å². The van der Waals surface area contributed by atoms with Crippen molar-refractivity contribution in [3.8, 4) is 0 Å². The molecule has 0 radical (unpaired) electrons. The average molecular weight is 394 g/mol. The summed E-state index contributed by atoms with van der Waals surface area (Å²) < 4.78 is 10.3. The highest BCUT2D eigenvalue weighted by Gasteiger charge is 2.18. The van der Waals surface area contributed by atoms with E-state index in [0.717, 1.165) is 5.56 Å². The number of nitrogens with zero attached hydrogens (tertiary/aromatic N) is 1. The Bertz CT molecular complexity index is 1050. The number of rotatable bonds is 8. The van der Waals surface area contributed by atoms with E-state index in [1.54, 1.807) is 36.3 Å². The van der Waals surface area contributed by atoms with Gasteiger partial charge in [-0.15, -0.1) is 0 Å². The fraction of sp³-hybridized carbons (Fsp3) is 0.227. The maximum Gasteiger partial charge on any atom is 0.339 e. The summed E-state index contributed by atoms with van der Waals surface area (Å²) >= 11 is 0. The first kappa shape index (κ1) is 20.3. The molecule has 1 heterocycles. The molecule has 0 saturated carbocycles. The van der Waals surface area contributed by atoms with Gasteiger partial charge in [-0.1, -0.05) is 48.5 Å². The maximum absolute atomic E-state index is 12.6. The van der Waals surface area contributed by atoms with E-state index in [1.807, 2.05) is 30.3 Å². The van der Waals surface area contributed by atoms with Gasteiger partial charge >= 0.3 is 5.97 Å². The zero-order valence-corrected chi connectivity index (χ0v) is 16.1. The van der Waals surface area contributed by atoms with Crippen LogP contribution in [0.3, 0.4) is 0 Å². The van der Waals surface area contributed by atoms with E-state index in [1.165, 1.54) is 6.07 Å². The predicted molar refractivity (Wildman–Crippen MR) is 109 cm³/mol. The highest BCUT2D eigenvalue weighted by molar-refractivity contribution is 6.03. The van der Waals surface area contributed by atoms with Crippen LogP contribution in [-0.2, 0) is 20.8 Å². The first-order valence-electron chi connectivity index (χ1n) is 9.18. The number of carbonyl (C=O) groups excluding carboxylic acids is 2. The molecule has 0 aliphatic heterocycles. The van der Waals surface area contributed by atoms with Crippen molar-refractivity contribution in [3.63, 3.8) is 0 Å². The molecule has 1 aromatic heterocycles. The fourth-order valence-corrected chi connectivity index (χ4v) is 2.97. The van der Waals surface area contributed by atoms with Crippen LogP contribution in [0.5, 0.6) is 0 Å². The van der Waals surface area contributed by atoms with Crippen molar-refractivity contribution in [2.75, 3.05) is 26.9 Å². The van der Waals surface area contributed by atoms with Gasteiger partial charge in [0, 0.05) is 37.2 Å². The van der Waals surface area contributed by atoms with Crippen LogP contribution in [0.25, 0.3) is 10.9 Å². The Hall–Kier alpha value is -3.45. The monoisotopic (exact) mass is 394 g/mol. The van der Waals surface area contributed by atoms with E-state index < -0.39 is 18.1 Å². The zero-order valence-electron chi connectivity index (χ0n) is 16.1. The number of H-pyrrole nitrogens is 1. The molecule has 0 atom stereocenters. The molecule has 0 unspecified atom stereocenters. The summed E-state index contributed by atoms with van der Waals surface area (Å²) in [5, 5.41) is 0.560. The number of fused-ring (bicyclic) bond motifs is 1. The average Bonchev–Trinajstić information content (AvgIpc) is 2.74. The van der Waals surface area contributed by atoms with Crippen LogP contribution >= 0.6 is 0 Å². The molecule has 7 heteroatoms. The molecule has 29 heavy (non-hydrogen) atoms. The lowest BCUT2D eigenvalue weighted by molar-refractivity contribution is -0.135. The number of amides is 1. The quantitative estimate of drug-likeness (QED) is 0.593. The summed E-state index contributed by atoms with van der Waals surface area (Å²) in [6, 6.07) is 17.6. The lowest BCUT2D eigenvalue weighted by atomic mass is 10.1. The van der Waals surface area contributed by atoms with Gasteiger partial charge in [0.25, 0.3) is 5.91 Å². The number of nitrogens with one attached hydrogen (secondary N) is 1. The number of hydrogen-bond donors (Lipinski definition) is 1. The van der Waals surface area contributed by atoms with Gasteiger partial charge in [0.15, 0.2) is 6.61 Å². The summed E-state index contributed by atoms with van der Waals surface area (Å²) in [7, 11) is 1.56. The van der Waals surface area contributed by atoms with Crippen molar-refractivity contribution in [1.29, 1.82) is 0 Å². The molecule has 0 aliphatic carbocycles. The highest BCUT2D eigenvalue weighted by Crippen LogP contribution is 2.15. The first-order chi connectivity index (χ1) is 14.1. The topological polar surface area (TPSA) is 88.7 Å². The number of aromatic amines is 1. The molecule has 0 fully saturated rings. The number of esters is 1. The molecule has 0 bridgehead atoms.